The molecule has 1 fully saturated rings. The van der Waals surface area contributed by atoms with Gasteiger partial charge in [0, 0.05) is 36.6 Å². The van der Waals surface area contributed by atoms with E-state index in [4.69, 9.17) is 4.74 Å². The first-order valence-corrected chi connectivity index (χ1v) is 10.8. The Morgan fingerprint density at radius 1 is 1.28 bits per heavy atom. The number of aromatic nitrogens is 1. The Morgan fingerprint density at radius 2 is 2.00 bits per heavy atom. The van der Waals surface area contributed by atoms with E-state index >= 15 is 0 Å². The lowest BCUT2D eigenvalue weighted by Crippen LogP contribution is -2.35. The minimum Gasteiger partial charge on any atom is -0.505 e. The number of ether oxygens (including phenoxy) is 1. The van der Waals surface area contributed by atoms with E-state index in [0.29, 0.717) is 41.3 Å². The number of piperidine rings is 1. The highest BCUT2D eigenvalue weighted by Gasteiger charge is 2.26. The molecule has 0 amide bonds. The second-order valence-corrected chi connectivity index (χ2v) is 8.78. The van der Waals surface area contributed by atoms with Gasteiger partial charge in [-0.15, -0.1) is 0 Å². The van der Waals surface area contributed by atoms with Crippen molar-refractivity contribution in [2.75, 3.05) is 20.2 Å². The van der Waals surface area contributed by atoms with Crippen LogP contribution in [0.25, 0.3) is 0 Å². The van der Waals surface area contributed by atoms with Crippen LogP contribution in [0.5, 0.6) is 11.5 Å². The number of nitrogens with zero attached hydrogens (tertiary/aromatic N) is 3. The van der Waals surface area contributed by atoms with Crippen LogP contribution in [-0.4, -0.2) is 54.3 Å². The molecule has 0 saturated carbocycles. The van der Waals surface area contributed by atoms with Gasteiger partial charge >= 0.3 is 0 Å². The van der Waals surface area contributed by atoms with Gasteiger partial charge < -0.3 is 14.9 Å². The van der Waals surface area contributed by atoms with Gasteiger partial charge in [-0.1, -0.05) is 6.42 Å². The molecular weight excluding hydrogens is 394 g/mol. The van der Waals surface area contributed by atoms with Crippen molar-refractivity contribution in [2.45, 2.75) is 37.7 Å². The SMILES string of the molecule is COc1ccc(S(=O)(=O)N2CCCCC2)cc1N=Cc1c(CO)cnc(C)c1O. The van der Waals surface area contributed by atoms with E-state index in [1.165, 1.54) is 36.0 Å². The molecule has 2 aromatic rings. The maximum absolute atomic E-state index is 13.0. The number of aromatic hydroxyl groups is 1. The van der Waals surface area contributed by atoms with Crippen LogP contribution in [-0.2, 0) is 16.6 Å². The first-order chi connectivity index (χ1) is 13.9. The molecule has 0 unspecified atom stereocenters. The Labute approximate surface area is 170 Å². The fourth-order valence-electron chi connectivity index (χ4n) is 3.24. The van der Waals surface area contributed by atoms with Crippen LogP contribution in [0.15, 0.2) is 34.3 Å². The van der Waals surface area contributed by atoms with Gasteiger partial charge in [-0.05, 0) is 38.0 Å². The summed E-state index contributed by atoms with van der Waals surface area (Å²) in [6.07, 6.45) is 5.58. The highest BCUT2D eigenvalue weighted by molar-refractivity contribution is 7.89. The Morgan fingerprint density at radius 3 is 2.66 bits per heavy atom. The van der Waals surface area contributed by atoms with E-state index in [1.807, 2.05) is 0 Å². The Bertz CT molecular complexity index is 1020. The van der Waals surface area contributed by atoms with Gasteiger partial charge in [-0.3, -0.25) is 9.98 Å². The largest absolute Gasteiger partial charge is 0.505 e. The molecule has 8 nitrogen and oxygen atoms in total. The summed E-state index contributed by atoms with van der Waals surface area (Å²) in [5, 5.41) is 19.8. The molecule has 2 heterocycles. The van der Waals surface area contributed by atoms with E-state index < -0.39 is 10.0 Å². The molecule has 1 saturated heterocycles. The first kappa shape index (κ1) is 21.2. The van der Waals surface area contributed by atoms with Gasteiger partial charge in [-0.2, -0.15) is 4.31 Å². The Kier molecular flexibility index (Phi) is 6.51. The zero-order valence-electron chi connectivity index (χ0n) is 16.5. The van der Waals surface area contributed by atoms with Crippen LogP contribution in [0.4, 0.5) is 5.69 Å². The van der Waals surface area contributed by atoms with E-state index in [1.54, 1.807) is 13.0 Å². The normalized spacial score (nSPS) is 15.7. The van der Waals surface area contributed by atoms with Crippen LogP contribution < -0.4 is 4.74 Å². The molecule has 0 atom stereocenters. The zero-order valence-corrected chi connectivity index (χ0v) is 17.3. The number of hydrogen-bond acceptors (Lipinski definition) is 7. The highest BCUT2D eigenvalue weighted by atomic mass is 32.2. The van der Waals surface area contributed by atoms with Gasteiger partial charge in [0.15, 0.2) is 0 Å². The molecule has 1 aromatic heterocycles. The molecule has 0 spiro atoms. The predicted octanol–water partition coefficient (Wildman–Crippen LogP) is 2.52. The smallest absolute Gasteiger partial charge is 0.243 e. The third-order valence-electron chi connectivity index (χ3n) is 4.96. The average molecular weight is 420 g/mol. The van der Waals surface area contributed by atoms with Crippen molar-refractivity contribution in [1.29, 1.82) is 0 Å². The number of benzene rings is 1. The van der Waals surface area contributed by atoms with Crippen LogP contribution in [0.2, 0.25) is 0 Å². The predicted molar refractivity (Wildman–Crippen MR) is 109 cm³/mol. The minimum absolute atomic E-state index is 0.0867. The maximum atomic E-state index is 13.0. The lowest BCUT2D eigenvalue weighted by molar-refractivity contribution is 0.280. The number of aliphatic hydroxyl groups is 1. The van der Waals surface area contributed by atoms with Crippen molar-refractivity contribution in [3.8, 4) is 11.5 Å². The molecule has 1 aliphatic rings. The molecule has 29 heavy (non-hydrogen) atoms. The Balaban J connectivity index is 2.01. The first-order valence-electron chi connectivity index (χ1n) is 9.39. The fourth-order valence-corrected chi connectivity index (χ4v) is 4.78. The van der Waals surface area contributed by atoms with E-state index in [2.05, 4.69) is 9.98 Å². The number of sulfonamides is 1. The number of methoxy groups -OCH3 is 1. The van der Waals surface area contributed by atoms with E-state index in [9.17, 15) is 18.6 Å². The quantitative estimate of drug-likeness (QED) is 0.696. The third-order valence-corrected chi connectivity index (χ3v) is 6.86. The Hall–Kier alpha value is -2.49. The number of aryl methyl sites for hydroxylation is 1. The van der Waals surface area contributed by atoms with Crippen molar-refractivity contribution in [1.82, 2.24) is 9.29 Å². The summed E-state index contributed by atoms with van der Waals surface area (Å²) >= 11 is 0. The second-order valence-electron chi connectivity index (χ2n) is 6.85. The van der Waals surface area contributed by atoms with Gasteiger partial charge in [0.05, 0.1) is 24.3 Å². The van der Waals surface area contributed by atoms with Gasteiger partial charge in [0.2, 0.25) is 10.0 Å². The van der Waals surface area contributed by atoms with Crippen molar-refractivity contribution >= 4 is 21.9 Å². The molecule has 0 radical (unpaired) electrons. The molecule has 0 bridgehead atoms. The lowest BCUT2D eigenvalue weighted by atomic mass is 10.1. The van der Waals surface area contributed by atoms with Crippen molar-refractivity contribution in [2.24, 2.45) is 4.99 Å². The maximum Gasteiger partial charge on any atom is 0.243 e. The van der Waals surface area contributed by atoms with Crippen molar-refractivity contribution in [3.05, 3.63) is 41.2 Å². The van der Waals surface area contributed by atoms with Crippen LogP contribution in [0, 0.1) is 6.92 Å². The highest BCUT2D eigenvalue weighted by Crippen LogP contribution is 2.32. The summed E-state index contributed by atoms with van der Waals surface area (Å²) in [7, 11) is -2.14. The summed E-state index contributed by atoms with van der Waals surface area (Å²) in [5.74, 6) is 0.311. The van der Waals surface area contributed by atoms with Gasteiger partial charge in [0.25, 0.3) is 0 Å². The van der Waals surface area contributed by atoms with Crippen molar-refractivity contribution in [3.63, 3.8) is 0 Å². The number of aliphatic hydroxyl groups excluding tert-OH is 1. The topological polar surface area (TPSA) is 112 Å². The molecule has 3 rings (SSSR count). The molecule has 2 N–H and O–H groups in total. The molecule has 156 valence electrons. The summed E-state index contributed by atoms with van der Waals surface area (Å²) < 4.78 is 32.7. The standard InChI is InChI=1S/C20H25N3O5S/c1-14-20(25)17(15(13-24)11-21-14)12-22-18-10-16(6-7-19(18)28-2)29(26,27)23-8-4-3-5-9-23/h6-7,10-12,24-25H,3-5,8-9,13H2,1-2H3. The second kappa shape index (κ2) is 8.89. The van der Waals surface area contributed by atoms with Gasteiger partial charge in [0.1, 0.15) is 17.2 Å². The van der Waals surface area contributed by atoms with E-state index in [0.717, 1.165) is 19.3 Å². The van der Waals surface area contributed by atoms with Crippen molar-refractivity contribution < 1.29 is 23.4 Å². The molecule has 0 aliphatic carbocycles. The zero-order chi connectivity index (χ0) is 21.0. The summed E-state index contributed by atoms with van der Waals surface area (Å²) in [5.41, 5.74) is 1.44. The number of rotatable bonds is 6. The van der Waals surface area contributed by atoms with Crippen LogP contribution in [0.1, 0.15) is 36.1 Å². The summed E-state index contributed by atoms with van der Waals surface area (Å²) in [6.45, 7) is 2.34. The molecule has 1 aromatic carbocycles. The number of hydrogen-bond donors (Lipinski definition) is 2. The molecule has 9 heteroatoms. The number of pyridine rings is 1. The lowest BCUT2D eigenvalue weighted by Gasteiger charge is -2.26. The molecular formula is C20H25N3O5S. The third kappa shape index (κ3) is 4.42. The monoisotopic (exact) mass is 419 g/mol. The fraction of sp³-hybridized carbons (Fsp3) is 0.400. The van der Waals surface area contributed by atoms with Crippen LogP contribution in [0.3, 0.4) is 0 Å². The average Bonchev–Trinajstić information content (AvgIpc) is 2.75. The van der Waals surface area contributed by atoms with Gasteiger partial charge in [-0.25, -0.2) is 8.42 Å². The number of aliphatic imine (C=N–C) groups is 1. The molecule has 1 aliphatic heterocycles. The summed E-state index contributed by atoms with van der Waals surface area (Å²) in [6, 6.07) is 4.53. The summed E-state index contributed by atoms with van der Waals surface area (Å²) in [4.78, 5) is 8.50. The van der Waals surface area contributed by atoms with E-state index in [-0.39, 0.29) is 17.3 Å². The minimum atomic E-state index is -3.62. The van der Waals surface area contributed by atoms with Crippen LogP contribution >= 0.6 is 0 Å².